The molecule has 1 saturated heterocycles. The molecule has 3 rings (SSSR count). The van der Waals surface area contributed by atoms with Gasteiger partial charge in [-0.15, -0.1) is 0 Å². The molecule has 0 radical (unpaired) electrons. The summed E-state index contributed by atoms with van der Waals surface area (Å²) in [6.45, 7) is 6.66. The van der Waals surface area contributed by atoms with E-state index in [1.54, 1.807) is 17.0 Å². The minimum atomic E-state index is -0.541. The van der Waals surface area contributed by atoms with Crippen LogP contribution in [0.3, 0.4) is 0 Å². The number of benzene rings is 1. The van der Waals surface area contributed by atoms with Gasteiger partial charge in [0.25, 0.3) is 0 Å². The van der Waals surface area contributed by atoms with E-state index in [4.69, 9.17) is 4.74 Å². The molecule has 1 fully saturated rings. The summed E-state index contributed by atoms with van der Waals surface area (Å²) >= 11 is 0. The van der Waals surface area contributed by atoms with Gasteiger partial charge in [0, 0.05) is 43.4 Å². The maximum Gasteiger partial charge on any atom is 0.410 e. The Morgan fingerprint density at radius 1 is 1.18 bits per heavy atom. The number of phenols is 1. The summed E-state index contributed by atoms with van der Waals surface area (Å²) in [6, 6.07) is 4.52. The number of aromatic hydroxyl groups is 1. The second-order valence-electron chi connectivity index (χ2n) is 7.86. The summed E-state index contributed by atoms with van der Waals surface area (Å²) < 4.78 is 5.38. The van der Waals surface area contributed by atoms with E-state index in [1.165, 1.54) is 11.0 Å². The van der Waals surface area contributed by atoms with Crippen LogP contribution in [0, 0.1) is 0 Å². The van der Waals surface area contributed by atoms with Crippen LogP contribution in [0.15, 0.2) is 24.3 Å². The van der Waals surface area contributed by atoms with E-state index in [-0.39, 0.29) is 30.7 Å². The lowest BCUT2D eigenvalue weighted by Crippen LogP contribution is -2.49. The highest BCUT2D eigenvalue weighted by Gasteiger charge is 2.26. The minimum Gasteiger partial charge on any atom is -0.507 e. The number of anilines is 1. The molecule has 0 saturated carbocycles. The van der Waals surface area contributed by atoms with Crippen LogP contribution in [0.2, 0.25) is 0 Å². The van der Waals surface area contributed by atoms with Crippen molar-refractivity contribution in [3.63, 3.8) is 0 Å². The summed E-state index contributed by atoms with van der Waals surface area (Å²) in [5.41, 5.74) is 1.59. The number of nitrogens with one attached hydrogen (secondary N) is 1. The Labute approximate surface area is 163 Å². The first-order chi connectivity index (χ1) is 13.1. The van der Waals surface area contributed by atoms with Crippen molar-refractivity contribution in [3.05, 3.63) is 29.8 Å². The smallest absolute Gasteiger partial charge is 0.410 e. The van der Waals surface area contributed by atoms with Gasteiger partial charge >= 0.3 is 12.1 Å². The molecule has 4 amide bonds. The van der Waals surface area contributed by atoms with E-state index in [0.717, 1.165) is 5.57 Å². The zero-order valence-corrected chi connectivity index (χ0v) is 16.3. The van der Waals surface area contributed by atoms with Gasteiger partial charge in [0.05, 0.1) is 0 Å². The third-order valence-corrected chi connectivity index (χ3v) is 4.55. The lowest BCUT2D eigenvalue weighted by atomic mass is 9.98. The van der Waals surface area contributed by atoms with Crippen LogP contribution in [0.25, 0.3) is 5.57 Å². The first-order valence-electron chi connectivity index (χ1n) is 9.26. The molecule has 0 unspecified atom stereocenters. The molecule has 0 aliphatic carbocycles. The van der Waals surface area contributed by atoms with Gasteiger partial charge in [-0.05, 0) is 44.9 Å². The number of carbonyl (C=O) groups is 3. The number of urea groups is 1. The van der Waals surface area contributed by atoms with Crippen LogP contribution in [0.4, 0.5) is 15.3 Å². The summed E-state index contributed by atoms with van der Waals surface area (Å²) in [5.74, 6) is -0.247. The van der Waals surface area contributed by atoms with Gasteiger partial charge in [-0.2, -0.15) is 0 Å². The zero-order valence-electron chi connectivity index (χ0n) is 16.3. The number of hydrogen-bond donors (Lipinski definition) is 2. The number of amides is 4. The third-order valence-electron chi connectivity index (χ3n) is 4.55. The molecule has 2 aliphatic heterocycles. The minimum absolute atomic E-state index is 0.0548. The number of hydrogen-bond acceptors (Lipinski definition) is 5. The predicted molar refractivity (Wildman–Crippen MR) is 104 cm³/mol. The van der Waals surface area contributed by atoms with Crippen LogP contribution in [0.5, 0.6) is 5.75 Å². The Bertz CT molecular complexity index is 841. The lowest BCUT2D eigenvalue weighted by Gasteiger charge is -2.30. The standard InChI is InChI=1S/C20H25N3O5/c1-20(2,3)28-19(27)22-9-6-13(7-10-22)15-5-4-14(12-16(15)24)23-11-8-17(25)21-18(23)26/h4-6,12,24H,7-11H2,1-3H3,(H,21,25,26). The molecule has 2 aliphatic rings. The van der Waals surface area contributed by atoms with Crippen LogP contribution in [0.1, 0.15) is 39.2 Å². The topological polar surface area (TPSA) is 99.2 Å². The molecule has 28 heavy (non-hydrogen) atoms. The molecular formula is C20H25N3O5. The van der Waals surface area contributed by atoms with Crippen molar-refractivity contribution in [1.82, 2.24) is 10.2 Å². The zero-order chi connectivity index (χ0) is 20.5. The van der Waals surface area contributed by atoms with E-state index in [0.29, 0.717) is 30.8 Å². The highest BCUT2D eigenvalue weighted by molar-refractivity contribution is 6.05. The quantitative estimate of drug-likeness (QED) is 0.813. The van der Waals surface area contributed by atoms with Gasteiger partial charge in [-0.25, -0.2) is 9.59 Å². The van der Waals surface area contributed by atoms with Crippen molar-refractivity contribution in [2.24, 2.45) is 0 Å². The molecule has 0 aromatic heterocycles. The molecule has 1 aromatic rings. The van der Waals surface area contributed by atoms with Crippen LogP contribution in [-0.2, 0) is 9.53 Å². The molecule has 0 atom stereocenters. The van der Waals surface area contributed by atoms with Crippen LogP contribution in [-0.4, -0.2) is 53.3 Å². The Morgan fingerprint density at radius 2 is 1.93 bits per heavy atom. The molecule has 8 nitrogen and oxygen atoms in total. The number of phenolic OH excluding ortho intramolecular Hbond substituents is 1. The lowest BCUT2D eigenvalue weighted by molar-refractivity contribution is -0.120. The fraction of sp³-hybridized carbons (Fsp3) is 0.450. The molecule has 8 heteroatoms. The van der Waals surface area contributed by atoms with E-state index in [2.05, 4.69) is 5.32 Å². The highest BCUT2D eigenvalue weighted by atomic mass is 16.6. The van der Waals surface area contributed by atoms with Crippen molar-refractivity contribution >= 4 is 29.3 Å². The molecule has 0 spiro atoms. The number of ether oxygens (including phenoxy) is 1. The van der Waals surface area contributed by atoms with E-state index in [9.17, 15) is 19.5 Å². The third kappa shape index (κ3) is 4.44. The normalized spacial score (nSPS) is 17.9. The second-order valence-corrected chi connectivity index (χ2v) is 7.86. The summed E-state index contributed by atoms with van der Waals surface area (Å²) in [7, 11) is 0. The molecule has 2 N–H and O–H groups in total. The first kappa shape index (κ1) is 19.7. The van der Waals surface area contributed by atoms with Gasteiger partial charge in [0.1, 0.15) is 11.4 Å². The highest BCUT2D eigenvalue weighted by Crippen LogP contribution is 2.33. The molecule has 2 heterocycles. The fourth-order valence-electron chi connectivity index (χ4n) is 3.18. The van der Waals surface area contributed by atoms with Gasteiger partial charge in [0.2, 0.25) is 5.91 Å². The summed E-state index contributed by atoms with van der Waals surface area (Å²) in [6.07, 6.45) is 2.35. The molecule has 150 valence electrons. The Morgan fingerprint density at radius 3 is 2.50 bits per heavy atom. The van der Waals surface area contributed by atoms with E-state index >= 15 is 0 Å². The van der Waals surface area contributed by atoms with Gasteiger partial charge < -0.3 is 14.7 Å². The Kier molecular flexibility index (Phi) is 5.31. The van der Waals surface area contributed by atoms with Crippen molar-refractivity contribution in [3.8, 4) is 5.75 Å². The number of rotatable bonds is 2. The first-order valence-corrected chi connectivity index (χ1v) is 9.26. The average molecular weight is 387 g/mol. The Hall–Kier alpha value is -3.03. The van der Waals surface area contributed by atoms with E-state index < -0.39 is 11.6 Å². The second kappa shape index (κ2) is 7.53. The van der Waals surface area contributed by atoms with Crippen molar-refractivity contribution < 1.29 is 24.2 Å². The molecular weight excluding hydrogens is 362 g/mol. The Balaban J connectivity index is 1.70. The van der Waals surface area contributed by atoms with Crippen LogP contribution < -0.4 is 10.2 Å². The fourth-order valence-corrected chi connectivity index (χ4v) is 3.18. The van der Waals surface area contributed by atoms with Crippen LogP contribution >= 0.6 is 0 Å². The summed E-state index contributed by atoms with van der Waals surface area (Å²) in [5, 5.41) is 12.7. The van der Waals surface area contributed by atoms with Crippen molar-refractivity contribution in [2.75, 3.05) is 24.5 Å². The van der Waals surface area contributed by atoms with E-state index in [1.807, 2.05) is 26.8 Å². The maximum absolute atomic E-state index is 12.2. The number of nitrogens with zero attached hydrogens (tertiary/aromatic N) is 2. The number of carbonyl (C=O) groups excluding carboxylic acids is 3. The summed E-state index contributed by atoms with van der Waals surface area (Å²) in [4.78, 5) is 38.4. The van der Waals surface area contributed by atoms with Gasteiger partial charge in [-0.1, -0.05) is 6.08 Å². The van der Waals surface area contributed by atoms with Crippen molar-refractivity contribution in [1.29, 1.82) is 0 Å². The molecule has 0 bridgehead atoms. The van der Waals surface area contributed by atoms with Gasteiger partial charge in [0.15, 0.2) is 0 Å². The molecule has 1 aromatic carbocycles. The monoisotopic (exact) mass is 387 g/mol. The predicted octanol–water partition coefficient (Wildman–Crippen LogP) is 2.86. The van der Waals surface area contributed by atoms with Gasteiger partial charge in [-0.3, -0.25) is 15.0 Å². The number of imide groups is 1. The largest absolute Gasteiger partial charge is 0.507 e. The average Bonchev–Trinajstić information content (AvgIpc) is 2.60. The SMILES string of the molecule is CC(C)(C)OC(=O)N1CC=C(c2ccc(N3CCC(=O)NC3=O)cc2O)CC1. The van der Waals surface area contributed by atoms with Crippen molar-refractivity contribution in [2.45, 2.75) is 39.2 Å². The maximum atomic E-state index is 12.2.